The molecule has 2 aromatic carbocycles. The number of hydrogen-bond donors (Lipinski definition) is 2. The summed E-state index contributed by atoms with van der Waals surface area (Å²) in [5.41, 5.74) is 3.25. The summed E-state index contributed by atoms with van der Waals surface area (Å²) in [5, 5.41) is 8.36. The standard InChI is InChI=1S/C20H22BrN3/c1-14(2)19(24-15-8-4-3-5-9-15)13-23-20-16-10-6-7-11-18(16)22-12-17(20)21/h3-12,14,19,24H,13H2,1-2H3,(H,22,23). The smallest absolute Gasteiger partial charge is 0.0723 e. The fraction of sp³-hybridized carbons (Fsp3) is 0.250. The number of benzene rings is 2. The van der Waals surface area contributed by atoms with Crippen molar-refractivity contribution in [2.45, 2.75) is 19.9 Å². The molecule has 0 aliphatic heterocycles. The number of nitrogens with zero attached hydrogens (tertiary/aromatic N) is 1. The summed E-state index contributed by atoms with van der Waals surface area (Å²) in [4.78, 5) is 4.47. The Kier molecular flexibility index (Phi) is 5.36. The second kappa shape index (κ2) is 7.67. The van der Waals surface area contributed by atoms with Gasteiger partial charge in [0, 0.05) is 29.9 Å². The van der Waals surface area contributed by atoms with E-state index in [2.05, 4.69) is 75.7 Å². The number of fused-ring (bicyclic) bond motifs is 1. The van der Waals surface area contributed by atoms with E-state index in [1.54, 1.807) is 0 Å². The molecular weight excluding hydrogens is 362 g/mol. The Labute approximate surface area is 151 Å². The van der Waals surface area contributed by atoms with Gasteiger partial charge < -0.3 is 10.6 Å². The van der Waals surface area contributed by atoms with Gasteiger partial charge in [-0.2, -0.15) is 0 Å². The highest BCUT2D eigenvalue weighted by molar-refractivity contribution is 9.10. The van der Waals surface area contributed by atoms with Crippen LogP contribution >= 0.6 is 15.9 Å². The van der Waals surface area contributed by atoms with Crippen molar-refractivity contribution < 1.29 is 0 Å². The molecular formula is C20H22BrN3. The molecule has 1 heterocycles. The highest BCUT2D eigenvalue weighted by Crippen LogP contribution is 2.30. The predicted octanol–water partition coefficient (Wildman–Crippen LogP) is 5.55. The number of para-hydroxylation sites is 2. The first-order valence-corrected chi connectivity index (χ1v) is 9.03. The van der Waals surface area contributed by atoms with Gasteiger partial charge in [-0.15, -0.1) is 0 Å². The molecule has 0 bridgehead atoms. The Morgan fingerprint density at radius 2 is 1.71 bits per heavy atom. The molecule has 0 amide bonds. The van der Waals surface area contributed by atoms with Crippen molar-refractivity contribution >= 4 is 38.2 Å². The van der Waals surface area contributed by atoms with Crippen molar-refractivity contribution in [1.82, 2.24) is 4.98 Å². The van der Waals surface area contributed by atoms with Gasteiger partial charge in [0.05, 0.1) is 15.7 Å². The maximum Gasteiger partial charge on any atom is 0.0723 e. The van der Waals surface area contributed by atoms with Crippen molar-refractivity contribution in [3.8, 4) is 0 Å². The monoisotopic (exact) mass is 383 g/mol. The summed E-state index contributed by atoms with van der Waals surface area (Å²) in [7, 11) is 0. The Morgan fingerprint density at radius 3 is 2.46 bits per heavy atom. The third kappa shape index (κ3) is 3.88. The van der Waals surface area contributed by atoms with Gasteiger partial charge in [-0.3, -0.25) is 4.98 Å². The zero-order chi connectivity index (χ0) is 16.9. The number of aromatic nitrogens is 1. The summed E-state index contributed by atoms with van der Waals surface area (Å²) in [6.07, 6.45) is 1.86. The summed E-state index contributed by atoms with van der Waals surface area (Å²) in [5.74, 6) is 0.504. The molecule has 0 fully saturated rings. The summed E-state index contributed by atoms with van der Waals surface area (Å²) in [6.45, 7) is 5.31. The maximum absolute atomic E-state index is 4.47. The molecule has 0 spiro atoms. The molecule has 3 aromatic rings. The van der Waals surface area contributed by atoms with Crippen LogP contribution < -0.4 is 10.6 Å². The van der Waals surface area contributed by atoms with Gasteiger partial charge in [-0.1, -0.05) is 50.2 Å². The molecule has 124 valence electrons. The first kappa shape index (κ1) is 16.8. The van der Waals surface area contributed by atoms with Crippen molar-refractivity contribution in [2.75, 3.05) is 17.2 Å². The van der Waals surface area contributed by atoms with E-state index < -0.39 is 0 Å². The zero-order valence-electron chi connectivity index (χ0n) is 14.0. The van der Waals surface area contributed by atoms with Gasteiger partial charge in [0.25, 0.3) is 0 Å². The first-order chi connectivity index (χ1) is 11.6. The number of anilines is 2. The lowest BCUT2D eigenvalue weighted by Crippen LogP contribution is -2.33. The Balaban J connectivity index is 1.79. The number of halogens is 1. The Morgan fingerprint density at radius 1 is 1.00 bits per heavy atom. The van der Waals surface area contributed by atoms with Crippen LogP contribution in [0.4, 0.5) is 11.4 Å². The van der Waals surface area contributed by atoms with E-state index in [9.17, 15) is 0 Å². The van der Waals surface area contributed by atoms with E-state index >= 15 is 0 Å². The molecule has 1 unspecified atom stereocenters. The topological polar surface area (TPSA) is 37.0 Å². The molecule has 0 radical (unpaired) electrons. The third-order valence-corrected chi connectivity index (χ3v) is 4.76. The van der Waals surface area contributed by atoms with Gasteiger partial charge in [0.15, 0.2) is 0 Å². The van der Waals surface area contributed by atoms with Crippen LogP contribution in [0.3, 0.4) is 0 Å². The number of pyridine rings is 1. The number of nitrogens with one attached hydrogen (secondary N) is 2. The Hall–Kier alpha value is -2.07. The van der Waals surface area contributed by atoms with Crippen LogP contribution in [0.15, 0.2) is 65.3 Å². The van der Waals surface area contributed by atoms with Crippen LogP contribution in [-0.2, 0) is 0 Å². The van der Waals surface area contributed by atoms with Crippen LogP contribution in [-0.4, -0.2) is 17.6 Å². The SMILES string of the molecule is CC(C)C(CNc1c(Br)cnc2ccccc12)Nc1ccccc1. The first-order valence-electron chi connectivity index (χ1n) is 8.24. The number of hydrogen-bond acceptors (Lipinski definition) is 3. The van der Waals surface area contributed by atoms with E-state index in [4.69, 9.17) is 0 Å². The van der Waals surface area contributed by atoms with Crippen LogP contribution in [0.25, 0.3) is 10.9 Å². The van der Waals surface area contributed by atoms with Crippen molar-refractivity contribution in [1.29, 1.82) is 0 Å². The van der Waals surface area contributed by atoms with Gasteiger partial charge >= 0.3 is 0 Å². The maximum atomic E-state index is 4.47. The highest BCUT2D eigenvalue weighted by atomic mass is 79.9. The third-order valence-electron chi connectivity index (χ3n) is 4.16. The van der Waals surface area contributed by atoms with Crippen molar-refractivity contribution in [3.05, 3.63) is 65.3 Å². The van der Waals surface area contributed by atoms with E-state index in [0.717, 1.165) is 33.3 Å². The van der Waals surface area contributed by atoms with Gasteiger partial charge in [0.1, 0.15) is 0 Å². The van der Waals surface area contributed by atoms with Gasteiger partial charge in [0.2, 0.25) is 0 Å². The molecule has 3 nitrogen and oxygen atoms in total. The van der Waals surface area contributed by atoms with Crippen LogP contribution in [0.2, 0.25) is 0 Å². The van der Waals surface area contributed by atoms with Gasteiger partial charge in [-0.05, 0) is 40.0 Å². The molecule has 0 aliphatic carbocycles. The summed E-state index contributed by atoms with van der Waals surface area (Å²) in [6, 6.07) is 18.9. The van der Waals surface area contributed by atoms with Crippen LogP contribution in [0.1, 0.15) is 13.8 Å². The Bertz CT molecular complexity index is 802. The minimum Gasteiger partial charge on any atom is -0.381 e. The molecule has 4 heteroatoms. The quantitative estimate of drug-likeness (QED) is 0.585. The fourth-order valence-electron chi connectivity index (χ4n) is 2.71. The molecule has 3 rings (SSSR count). The molecule has 0 saturated carbocycles. The van der Waals surface area contributed by atoms with E-state index in [-0.39, 0.29) is 0 Å². The van der Waals surface area contributed by atoms with Crippen molar-refractivity contribution in [2.24, 2.45) is 5.92 Å². The zero-order valence-corrected chi connectivity index (χ0v) is 15.5. The summed E-state index contributed by atoms with van der Waals surface area (Å²) >= 11 is 3.63. The molecule has 0 saturated heterocycles. The molecule has 0 aliphatic rings. The van der Waals surface area contributed by atoms with Crippen molar-refractivity contribution in [3.63, 3.8) is 0 Å². The van der Waals surface area contributed by atoms with Crippen LogP contribution in [0.5, 0.6) is 0 Å². The van der Waals surface area contributed by atoms with Crippen LogP contribution in [0, 0.1) is 5.92 Å². The highest BCUT2D eigenvalue weighted by Gasteiger charge is 2.15. The average Bonchev–Trinajstić information content (AvgIpc) is 2.60. The minimum absolute atomic E-state index is 0.325. The summed E-state index contributed by atoms with van der Waals surface area (Å²) < 4.78 is 0.989. The lowest BCUT2D eigenvalue weighted by molar-refractivity contribution is 0.542. The largest absolute Gasteiger partial charge is 0.381 e. The average molecular weight is 384 g/mol. The second-order valence-corrected chi connectivity index (χ2v) is 7.09. The van der Waals surface area contributed by atoms with Gasteiger partial charge in [-0.25, -0.2) is 0 Å². The minimum atomic E-state index is 0.325. The lowest BCUT2D eigenvalue weighted by atomic mass is 10.0. The normalized spacial score (nSPS) is 12.3. The van der Waals surface area contributed by atoms with E-state index in [1.807, 2.05) is 30.5 Å². The number of rotatable bonds is 6. The fourth-order valence-corrected chi connectivity index (χ4v) is 3.17. The molecule has 1 atom stereocenters. The predicted molar refractivity (Wildman–Crippen MR) is 107 cm³/mol. The second-order valence-electron chi connectivity index (χ2n) is 6.24. The van der Waals surface area contributed by atoms with E-state index in [0.29, 0.717) is 12.0 Å². The molecule has 24 heavy (non-hydrogen) atoms. The van der Waals surface area contributed by atoms with E-state index in [1.165, 1.54) is 0 Å². The molecule has 1 aromatic heterocycles. The lowest BCUT2D eigenvalue weighted by Gasteiger charge is -2.25. The molecule has 2 N–H and O–H groups in total.